The van der Waals surface area contributed by atoms with E-state index in [0.717, 1.165) is 19.4 Å². The van der Waals surface area contributed by atoms with Crippen molar-refractivity contribution in [3.8, 4) is 0 Å². The number of amides is 1. The topological polar surface area (TPSA) is 664 Å². The van der Waals surface area contributed by atoms with Gasteiger partial charge in [0.2, 0.25) is 5.91 Å². The number of carboxylic acids is 2. The summed E-state index contributed by atoms with van der Waals surface area (Å²) in [7, 11) is -31.5. The first kappa shape index (κ1) is 75.5. The van der Waals surface area contributed by atoms with E-state index in [1.807, 2.05) is 26.1 Å². The van der Waals surface area contributed by atoms with Crippen LogP contribution in [0.5, 0.6) is 0 Å². The van der Waals surface area contributed by atoms with Gasteiger partial charge in [-0.05, 0) is 33.7 Å². The number of rotatable bonds is 30. The van der Waals surface area contributed by atoms with E-state index in [1.54, 1.807) is 0 Å². The molecule has 0 aromatic heterocycles. The molecule has 0 saturated carbocycles. The van der Waals surface area contributed by atoms with E-state index in [4.69, 9.17) is 56.7 Å². The summed E-state index contributed by atoms with van der Waals surface area (Å²) in [6.45, 7) is 6.20. The zero-order valence-corrected chi connectivity index (χ0v) is 48.7. The zero-order valence-electron chi connectivity index (χ0n) is 43.7. The number of nitrogens with two attached hydrogens (primary N) is 1. The highest BCUT2D eigenvalue weighted by molar-refractivity contribution is 7.83. The van der Waals surface area contributed by atoms with Crippen molar-refractivity contribution in [2.24, 2.45) is 5.73 Å². The second kappa shape index (κ2) is 31.7. The molecule has 0 spiro atoms. The number of ether oxygens (including phenoxy) is 7. The van der Waals surface area contributed by atoms with Gasteiger partial charge >= 0.3 is 72.6 Å². The van der Waals surface area contributed by atoms with Crippen molar-refractivity contribution < 1.29 is 183 Å². The van der Waals surface area contributed by atoms with Crippen molar-refractivity contribution in [2.45, 2.75) is 163 Å². The van der Waals surface area contributed by atoms with Crippen LogP contribution in [0, 0.1) is 0 Å². The smallest absolute Gasteiger partial charge is 0.479 e. The molecule has 4 saturated heterocycles. The van der Waals surface area contributed by atoms with Gasteiger partial charge in [-0.1, -0.05) is 0 Å². The summed E-state index contributed by atoms with van der Waals surface area (Å²) in [4.78, 5) is 36.4. The van der Waals surface area contributed by atoms with E-state index in [9.17, 15) is 116 Å². The van der Waals surface area contributed by atoms with Gasteiger partial charge in [0.25, 0.3) is 0 Å². The van der Waals surface area contributed by atoms with Crippen LogP contribution in [-0.4, -0.2) is 295 Å². The summed E-state index contributed by atoms with van der Waals surface area (Å²) in [6, 6.07) is -4.14. The fraction of sp³-hybridized carbons (Fsp3) is 0.914. The fourth-order valence-electron chi connectivity index (χ4n) is 8.37. The van der Waals surface area contributed by atoms with E-state index in [-0.39, 0.29) is 0 Å². The maximum atomic E-state index is 12.7. The molecule has 1 amide bonds. The molecule has 4 rings (SSSR count). The monoisotopic (exact) mass is 1360 g/mol. The van der Waals surface area contributed by atoms with Crippen molar-refractivity contribution in [1.29, 1.82) is 0 Å². The van der Waals surface area contributed by atoms with Crippen LogP contribution in [0.3, 0.4) is 0 Å². The summed E-state index contributed by atoms with van der Waals surface area (Å²) in [5, 5.41) is 86.0. The summed E-state index contributed by atoms with van der Waals surface area (Å²) >= 11 is 0. The molecule has 0 aromatic rings. The lowest BCUT2D eigenvalue weighted by molar-refractivity contribution is -0.366. The molecule has 4 aliphatic rings. The molecule has 4 aliphatic heterocycles. The number of aliphatic hydroxyl groups is 6. The summed E-state index contributed by atoms with van der Waals surface area (Å²) < 4.78 is 239. The van der Waals surface area contributed by atoms with Gasteiger partial charge < -0.3 is 98.3 Å². The average Bonchev–Trinajstić information content (AvgIpc) is 2.88. The second-order valence-corrected chi connectivity index (χ2v) is 25.6. The van der Waals surface area contributed by atoms with Crippen molar-refractivity contribution >= 4 is 78.6 Å². The van der Waals surface area contributed by atoms with Gasteiger partial charge in [-0.2, -0.15) is 46.8 Å². The van der Waals surface area contributed by atoms with Crippen LogP contribution in [0.4, 0.5) is 0 Å². The highest BCUT2D eigenvalue weighted by Crippen LogP contribution is 2.37. The van der Waals surface area contributed by atoms with Gasteiger partial charge in [-0.25, -0.2) is 26.3 Å². The Morgan fingerprint density at radius 2 is 1.01 bits per heavy atom. The molecule has 4 heterocycles. The van der Waals surface area contributed by atoms with Gasteiger partial charge in [-0.3, -0.25) is 27.6 Å². The molecule has 0 unspecified atom stereocenters. The second-order valence-electron chi connectivity index (χ2n) is 17.5. The minimum atomic E-state index is -6.09. The Morgan fingerprint density at radius 1 is 0.548 bits per heavy atom. The van der Waals surface area contributed by atoms with Crippen LogP contribution in [0.25, 0.3) is 0 Å². The van der Waals surface area contributed by atoms with Crippen molar-refractivity contribution in [1.82, 2.24) is 10.0 Å². The lowest BCUT2D eigenvalue weighted by atomic mass is 9.94. The standard InChI is InChI=1S/C26H42N2O37S5.C9H23NO3Si/c1-4(30)27-7-9(31)13(6(56-23(7)39)3-55-67(43,44)45)58-26-19(65-70(52,53)54)12(34)16(20(62-26)22(37)38)60-24-8(28-66(40,41)42)15(63-68(46,47)48)14(5(2-29)57-24)59-25-18(64-69(49,50)51)11(33)10(32)17(61-25)21(35)36;1-4-11-14(12-5-2,13-6-3)9-7-8-10/h5-20,23-26,28-29,31-34,39H,2-3H2,1H3,(H,27,30)(H,35,36)(H,37,38)(H,40,41,42)(H,43,44,45)(H,46,47,48)(H,49,50,51)(H,52,53,54);4-10H2,1-3H3/t5-,6+,7-,8-,9-,10-,11-,12+,13-,14-,15-,16+,17-,18+,19-,20+,23-,24+,25+,26-;/m1./s1. The molecule has 84 heavy (non-hydrogen) atoms. The van der Waals surface area contributed by atoms with E-state index < -0.39 is 214 Å². The summed E-state index contributed by atoms with van der Waals surface area (Å²) in [5.41, 5.74) is 5.48. The van der Waals surface area contributed by atoms with Crippen LogP contribution >= 0.6 is 0 Å². The number of nitrogens with one attached hydrogen (secondary N) is 2. The molecule has 494 valence electrons. The van der Waals surface area contributed by atoms with E-state index in [0.29, 0.717) is 26.4 Å². The summed E-state index contributed by atoms with van der Waals surface area (Å²) in [6.07, 6.45) is -48.2. The molecule has 0 radical (unpaired) electrons. The first-order valence-electron chi connectivity index (χ1n) is 23.8. The Balaban J connectivity index is 0.00000116. The third-order valence-corrected chi connectivity index (χ3v) is 17.0. The van der Waals surface area contributed by atoms with Gasteiger partial charge in [-0.15, -0.1) is 0 Å². The first-order valence-corrected chi connectivity index (χ1v) is 32.7. The van der Waals surface area contributed by atoms with E-state index in [1.165, 1.54) is 4.72 Å². The van der Waals surface area contributed by atoms with Gasteiger partial charge in [0.05, 0.1) is 13.2 Å². The van der Waals surface area contributed by atoms with Crippen LogP contribution in [0.2, 0.25) is 6.04 Å². The minimum absolute atomic E-state index is 0.636. The molecule has 43 nitrogen and oxygen atoms in total. The Morgan fingerprint density at radius 3 is 1.44 bits per heavy atom. The number of carbonyl (C=O) groups excluding carboxylic acids is 1. The number of hydrogen-bond acceptors (Lipinski definition) is 34. The van der Waals surface area contributed by atoms with Gasteiger partial charge in [0.1, 0.15) is 73.1 Å². The molecule has 20 atom stereocenters. The molecule has 17 N–H and O–H groups in total. The molecule has 49 heteroatoms. The molecule has 4 fully saturated rings. The maximum Gasteiger partial charge on any atom is 0.500 e. The lowest BCUT2D eigenvalue weighted by Gasteiger charge is -2.50. The van der Waals surface area contributed by atoms with Crippen molar-refractivity contribution in [3.05, 3.63) is 0 Å². The zero-order chi connectivity index (χ0) is 64.2. The Labute approximate surface area is 478 Å². The largest absolute Gasteiger partial charge is 0.500 e. The minimum Gasteiger partial charge on any atom is -0.479 e. The van der Waals surface area contributed by atoms with Crippen LogP contribution in [0.1, 0.15) is 34.1 Å². The number of aliphatic hydroxyl groups excluding tert-OH is 6. The maximum absolute atomic E-state index is 12.7. The Bertz CT molecular complexity index is 2720. The number of carboxylic acid groups (broad SMARTS) is 2. The molecule has 0 aliphatic carbocycles. The van der Waals surface area contributed by atoms with Crippen molar-refractivity contribution in [3.63, 3.8) is 0 Å². The quantitative estimate of drug-likeness (QED) is 0.0235. The average molecular weight is 1360 g/mol. The molecular formula is C35H65N3O40S5Si. The number of hydrogen-bond donors (Lipinski definition) is 16. The van der Waals surface area contributed by atoms with Gasteiger partial charge in [0, 0.05) is 32.8 Å². The fourth-order valence-corrected chi connectivity index (χ4v) is 13.4. The lowest BCUT2D eigenvalue weighted by Crippen LogP contribution is -2.71. The van der Waals surface area contributed by atoms with Crippen LogP contribution < -0.4 is 15.8 Å². The number of carbonyl (C=O) groups is 3. The third kappa shape index (κ3) is 22.7. The number of aliphatic carboxylic acids is 2. The molecule has 0 aromatic carbocycles. The van der Waals surface area contributed by atoms with E-state index >= 15 is 0 Å². The highest BCUT2D eigenvalue weighted by Gasteiger charge is 2.60. The van der Waals surface area contributed by atoms with Gasteiger partial charge in [0.15, 0.2) is 49.6 Å². The van der Waals surface area contributed by atoms with Crippen molar-refractivity contribution in [2.75, 3.05) is 39.6 Å². The Hall–Kier alpha value is -2.70. The highest BCUT2D eigenvalue weighted by atomic mass is 32.3. The normalized spacial score (nSPS) is 34.7. The predicted molar refractivity (Wildman–Crippen MR) is 260 cm³/mol. The SMILES string of the molecule is CC(=O)N[C@@H]1[C@@H](O)[C@H](O[C@@H]2O[C@H](C(=O)O)[C@@H](O[C@@H]3O[C@H](CO)[C@@H](O[C@H]4O[C@@H](C(=O)O)[C@H](O)[C@@H](O)[C@@H]4OS(=O)(=O)O)[C@H](OS(=O)(=O)O)[C@H]3NS(=O)(=O)O)[C@H](O)[C@H]2OS(=O)(=O)O)[C@H](COS(=O)(=O)O)O[C@H]1O.CCO[Si](CCCN)(OCC)OCC. The van der Waals surface area contributed by atoms with E-state index in [2.05, 4.69) is 16.7 Å². The molecule has 0 bridgehead atoms. The predicted octanol–water partition coefficient (Wildman–Crippen LogP) is -9.33. The van der Waals surface area contributed by atoms with Crippen LogP contribution in [0.15, 0.2) is 0 Å². The van der Waals surface area contributed by atoms with Crippen LogP contribution in [-0.2, 0) is 129 Å². The first-order chi connectivity index (χ1) is 38.5. The Kier molecular flexibility index (Phi) is 28.5. The molecular weight excluding hydrogens is 1290 g/mol. The third-order valence-electron chi connectivity index (χ3n) is 11.5. The summed E-state index contributed by atoms with van der Waals surface area (Å²) in [5.74, 6) is -5.49.